The molecule has 1 aliphatic heterocycles. The molecule has 1 aliphatic rings. The van der Waals surface area contributed by atoms with Crippen molar-refractivity contribution in [3.63, 3.8) is 0 Å². The third-order valence-electron chi connectivity index (χ3n) is 6.91. The van der Waals surface area contributed by atoms with Crippen LogP contribution in [0.4, 0.5) is 5.69 Å². The van der Waals surface area contributed by atoms with Crippen LogP contribution in [0, 0.1) is 18.4 Å². The van der Waals surface area contributed by atoms with Gasteiger partial charge in [-0.05, 0) is 74.6 Å². The molecular weight excluding hydrogens is 540 g/mol. The number of fused-ring (bicyclic) bond motifs is 1. The number of aliphatic imine (C=N–C) groups is 1. The van der Waals surface area contributed by atoms with Crippen LogP contribution in [-0.2, 0) is 16.0 Å². The van der Waals surface area contributed by atoms with Gasteiger partial charge >= 0.3 is 0 Å². The van der Waals surface area contributed by atoms with Crippen molar-refractivity contribution in [2.75, 3.05) is 46.3 Å². The van der Waals surface area contributed by atoms with E-state index in [2.05, 4.69) is 20.9 Å². The van der Waals surface area contributed by atoms with E-state index in [9.17, 15) is 14.9 Å². The first kappa shape index (κ1) is 30.0. The summed E-state index contributed by atoms with van der Waals surface area (Å²) in [7, 11) is 4.64. The molecule has 12 nitrogen and oxygen atoms in total. The molecule has 2 aromatic carbocycles. The number of anilines is 1. The topological polar surface area (TPSA) is 150 Å². The standard InChI is InChI=1S/C30H36N6O6/c1-19-13-21-16-22(8-9-24(21)42-19)34-30(33-18-31)35-23-7-5-6-12-36(29(23)38)17-27(37)32-11-10-20-14-25(39-2)28(41-4)26(15-20)40-3/h8-9,13-16,23H,5-7,10-12,17H2,1-4H3,(H,32,37)(H2,33,34,35)/t23-/m0/s1. The number of hydrogen-bond donors (Lipinski definition) is 3. The Labute approximate surface area is 244 Å². The first-order chi connectivity index (χ1) is 20.3. The second-order valence-electron chi connectivity index (χ2n) is 9.85. The zero-order chi connectivity index (χ0) is 30.1. The van der Waals surface area contributed by atoms with E-state index in [1.165, 1.54) is 4.90 Å². The van der Waals surface area contributed by atoms with Crippen LogP contribution >= 0.6 is 0 Å². The molecule has 2 amide bonds. The van der Waals surface area contributed by atoms with Crippen LogP contribution in [0.1, 0.15) is 30.6 Å². The number of ether oxygens (including phenoxy) is 3. The monoisotopic (exact) mass is 576 g/mol. The summed E-state index contributed by atoms with van der Waals surface area (Å²) in [5.41, 5.74) is 2.34. The number of likely N-dealkylation sites (tertiary alicyclic amines) is 1. The van der Waals surface area contributed by atoms with Crippen LogP contribution in [0.25, 0.3) is 11.0 Å². The number of aryl methyl sites for hydroxylation is 1. The number of amides is 2. The fourth-order valence-electron chi connectivity index (χ4n) is 4.91. The van der Waals surface area contributed by atoms with Crippen molar-refractivity contribution in [3.8, 4) is 23.4 Å². The fourth-order valence-corrected chi connectivity index (χ4v) is 4.91. The third-order valence-corrected chi connectivity index (χ3v) is 6.91. The lowest BCUT2D eigenvalue weighted by molar-refractivity contribution is -0.136. The highest BCUT2D eigenvalue weighted by molar-refractivity contribution is 5.98. The van der Waals surface area contributed by atoms with E-state index >= 15 is 0 Å². The summed E-state index contributed by atoms with van der Waals surface area (Å²) >= 11 is 0. The normalized spacial score (nSPS) is 15.5. The van der Waals surface area contributed by atoms with Gasteiger partial charge in [0.25, 0.3) is 0 Å². The Morgan fingerprint density at radius 3 is 2.57 bits per heavy atom. The quantitative estimate of drug-likeness (QED) is 0.143. The molecule has 1 atom stereocenters. The van der Waals surface area contributed by atoms with E-state index in [4.69, 9.17) is 18.6 Å². The van der Waals surface area contributed by atoms with Crippen LogP contribution in [0.2, 0.25) is 0 Å². The minimum atomic E-state index is -0.734. The Morgan fingerprint density at radius 1 is 1.12 bits per heavy atom. The predicted octanol–water partition coefficient (Wildman–Crippen LogP) is 3.35. The fraction of sp³-hybridized carbons (Fsp3) is 0.400. The van der Waals surface area contributed by atoms with Gasteiger partial charge in [-0.2, -0.15) is 5.26 Å². The third kappa shape index (κ3) is 7.42. The maximum atomic E-state index is 13.4. The summed E-state index contributed by atoms with van der Waals surface area (Å²) in [5, 5.41) is 18.7. The van der Waals surface area contributed by atoms with E-state index in [1.54, 1.807) is 21.3 Å². The molecule has 0 radical (unpaired) electrons. The number of benzene rings is 2. The van der Waals surface area contributed by atoms with Gasteiger partial charge in [0.05, 0.1) is 27.9 Å². The maximum absolute atomic E-state index is 13.4. The van der Waals surface area contributed by atoms with Gasteiger partial charge in [0.1, 0.15) is 17.4 Å². The van der Waals surface area contributed by atoms with E-state index in [1.807, 2.05) is 49.5 Å². The molecule has 0 bridgehead atoms. The first-order valence-electron chi connectivity index (χ1n) is 13.7. The number of nitriles is 1. The Kier molecular flexibility index (Phi) is 10.1. The Balaban J connectivity index is 1.38. The van der Waals surface area contributed by atoms with Gasteiger partial charge in [-0.1, -0.05) is 0 Å². The molecular formula is C30H36N6O6. The van der Waals surface area contributed by atoms with E-state index in [-0.39, 0.29) is 24.3 Å². The average molecular weight is 577 g/mol. The number of nitrogens with one attached hydrogen (secondary N) is 3. The summed E-state index contributed by atoms with van der Waals surface area (Å²) in [5.74, 6) is 2.01. The van der Waals surface area contributed by atoms with E-state index in [0.29, 0.717) is 48.9 Å². The zero-order valence-electron chi connectivity index (χ0n) is 24.3. The zero-order valence-corrected chi connectivity index (χ0v) is 24.3. The molecule has 0 spiro atoms. The minimum absolute atomic E-state index is 0.0783. The molecule has 1 aromatic heterocycles. The Bertz CT molecular complexity index is 1470. The lowest BCUT2D eigenvalue weighted by Gasteiger charge is -2.22. The van der Waals surface area contributed by atoms with Crippen molar-refractivity contribution in [2.24, 2.45) is 4.99 Å². The highest BCUT2D eigenvalue weighted by atomic mass is 16.5. The second-order valence-corrected chi connectivity index (χ2v) is 9.85. The van der Waals surface area contributed by atoms with Gasteiger partial charge in [-0.25, -0.2) is 4.99 Å². The minimum Gasteiger partial charge on any atom is -0.493 e. The molecule has 1 fully saturated rings. The van der Waals surface area contributed by atoms with Crippen LogP contribution in [0.15, 0.2) is 45.8 Å². The van der Waals surface area contributed by atoms with Crippen LogP contribution in [0.5, 0.6) is 17.2 Å². The van der Waals surface area contributed by atoms with Gasteiger partial charge in [0.15, 0.2) is 17.7 Å². The van der Waals surface area contributed by atoms with Crippen molar-refractivity contribution in [1.29, 1.82) is 5.26 Å². The van der Waals surface area contributed by atoms with Crippen LogP contribution < -0.4 is 30.2 Å². The van der Waals surface area contributed by atoms with E-state index < -0.39 is 6.04 Å². The summed E-state index contributed by atoms with van der Waals surface area (Å²) in [6.45, 7) is 2.61. The van der Waals surface area contributed by atoms with Crippen LogP contribution in [-0.4, -0.2) is 69.7 Å². The number of nitrogens with zero attached hydrogens (tertiary/aromatic N) is 3. The number of carbonyl (C=O) groups excluding carboxylic acids is 2. The van der Waals surface area contributed by atoms with Gasteiger partial charge in [0, 0.05) is 24.2 Å². The first-order valence-corrected chi connectivity index (χ1v) is 13.7. The number of carbonyl (C=O) groups is 2. The Hall–Kier alpha value is -4.92. The lowest BCUT2D eigenvalue weighted by atomic mass is 10.1. The summed E-state index contributed by atoms with van der Waals surface area (Å²) in [4.78, 5) is 32.3. The number of methoxy groups -OCH3 is 3. The largest absolute Gasteiger partial charge is 0.493 e. The molecule has 222 valence electrons. The maximum Gasteiger partial charge on any atom is 0.247 e. The molecule has 0 aliphatic carbocycles. The highest BCUT2D eigenvalue weighted by Gasteiger charge is 2.28. The number of hydrogen-bond acceptors (Lipinski definition) is 8. The molecule has 12 heteroatoms. The van der Waals surface area contributed by atoms with Crippen molar-refractivity contribution in [2.45, 2.75) is 38.6 Å². The van der Waals surface area contributed by atoms with Crippen molar-refractivity contribution in [3.05, 3.63) is 47.7 Å². The molecule has 42 heavy (non-hydrogen) atoms. The lowest BCUT2D eigenvalue weighted by Crippen LogP contribution is -2.44. The number of rotatable bonds is 10. The van der Waals surface area contributed by atoms with E-state index in [0.717, 1.165) is 35.1 Å². The summed E-state index contributed by atoms with van der Waals surface area (Å²) in [6.07, 6.45) is 4.43. The van der Waals surface area contributed by atoms with Crippen molar-refractivity contribution < 1.29 is 28.2 Å². The number of furan rings is 1. The predicted molar refractivity (Wildman–Crippen MR) is 158 cm³/mol. The average Bonchev–Trinajstić information content (AvgIpc) is 3.27. The van der Waals surface area contributed by atoms with Gasteiger partial charge < -0.3 is 34.2 Å². The highest BCUT2D eigenvalue weighted by Crippen LogP contribution is 2.38. The molecule has 0 saturated carbocycles. The molecule has 4 rings (SSSR count). The molecule has 3 aromatic rings. The summed E-state index contributed by atoms with van der Waals surface area (Å²) < 4.78 is 21.8. The van der Waals surface area contributed by atoms with Crippen LogP contribution in [0.3, 0.4) is 0 Å². The van der Waals surface area contributed by atoms with Gasteiger partial charge in [0.2, 0.25) is 23.5 Å². The Morgan fingerprint density at radius 2 is 1.88 bits per heavy atom. The van der Waals surface area contributed by atoms with Crippen molar-refractivity contribution >= 4 is 34.4 Å². The molecule has 3 N–H and O–H groups in total. The smallest absolute Gasteiger partial charge is 0.247 e. The van der Waals surface area contributed by atoms with Crippen molar-refractivity contribution in [1.82, 2.24) is 15.5 Å². The van der Waals surface area contributed by atoms with Gasteiger partial charge in [-0.15, -0.1) is 0 Å². The number of guanidine groups is 1. The molecule has 1 saturated heterocycles. The molecule has 2 heterocycles. The van der Waals surface area contributed by atoms with Gasteiger partial charge in [-0.3, -0.25) is 14.9 Å². The SMILES string of the molecule is COc1cc(CCNC(=O)CN2CCCC[C@H](N=C(NC#N)Nc3ccc4oc(C)cc4c3)C2=O)cc(OC)c1OC. The summed E-state index contributed by atoms with van der Waals surface area (Å²) in [6, 6.07) is 10.4. The molecule has 0 unspecified atom stereocenters. The second kappa shape index (κ2) is 14.1.